The third kappa shape index (κ3) is 6.32. The maximum atomic E-state index is 11.9. The number of rotatable bonds is 8. The monoisotopic (exact) mass is 354 g/mol. The minimum atomic E-state index is -0.360. The van der Waals surface area contributed by atoms with E-state index in [-0.39, 0.29) is 18.4 Å². The lowest BCUT2D eigenvalue weighted by Crippen LogP contribution is -2.35. The van der Waals surface area contributed by atoms with Crippen molar-refractivity contribution in [1.29, 1.82) is 0 Å². The summed E-state index contributed by atoms with van der Waals surface area (Å²) in [7, 11) is 3.12. The van der Waals surface area contributed by atoms with Crippen LogP contribution in [0.3, 0.4) is 0 Å². The maximum absolute atomic E-state index is 11.9. The molecule has 0 unspecified atom stereocenters. The van der Waals surface area contributed by atoms with Crippen molar-refractivity contribution >= 4 is 17.9 Å². The summed E-state index contributed by atoms with van der Waals surface area (Å²) in [5, 5.41) is 5.29. The molecule has 136 valence electrons. The molecule has 6 nitrogen and oxygen atoms in total. The lowest BCUT2D eigenvalue weighted by Gasteiger charge is -2.06. The zero-order valence-electron chi connectivity index (χ0n) is 14.8. The maximum Gasteiger partial charge on any atom is 0.244 e. The third-order valence-electron chi connectivity index (χ3n) is 3.56. The van der Waals surface area contributed by atoms with Crippen molar-refractivity contribution in [3.05, 3.63) is 65.7 Å². The highest BCUT2D eigenvalue weighted by Gasteiger charge is 2.04. The van der Waals surface area contributed by atoms with Crippen molar-refractivity contribution in [2.24, 2.45) is 0 Å². The SMILES string of the molecule is COc1cc(/C=C/C(=O)NCC(=O)NCc2ccccc2)cc(OC)c1. The first kappa shape index (κ1) is 19.1. The van der Waals surface area contributed by atoms with E-state index in [1.165, 1.54) is 6.08 Å². The van der Waals surface area contributed by atoms with Crippen LogP contribution in [-0.2, 0) is 16.1 Å². The fourth-order valence-electron chi connectivity index (χ4n) is 2.18. The summed E-state index contributed by atoms with van der Waals surface area (Å²) in [5.74, 6) is 0.648. The number of carbonyl (C=O) groups is 2. The zero-order chi connectivity index (χ0) is 18.8. The lowest BCUT2D eigenvalue weighted by atomic mass is 10.2. The molecule has 0 spiro atoms. The van der Waals surface area contributed by atoms with Crippen LogP contribution < -0.4 is 20.1 Å². The summed E-state index contributed by atoms with van der Waals surface area (Å²) in [5.41, 5.74) is 1.75. The Labute approximate surface area is 152 Å². The van der Waals surface area contributed by atoms with Gasteiger partial charge in [-0.05, 0) is 29.3 Å². The molecule has 0 aliphatic heterocycles. The summed E-state index contributed by atoms with van der Waals surface area (Å²) in [4.78, 5) is 23.6. The number of benzene rings is 2. The molecule has 0 aliphatic carbocycles. The summed E-state index contributed by atoms with van der Waals surface area (Å²) >= 11 is 0. The van der Waals surface area contributed by atoms with Crippen LogP contribution in [0.1, 0.15) is 11.1 Å². The molecule has 26 heavy (non-hydrogen) atoms. The van der Waals surface area contributed by atoms with Gasteiger partial charge in [0.15, 0.2) is 0 Å². The summed E-state index contributed by atoms with van der Waals surface area (Å²) in [6.45, 7) is 0.340. The Hall–Kier alpha value is -3.28. The highest BCUT2D eigenvalue weighted by atomic mass is 16.5. The quantitative estimate of drug-likeness (QED) is 0.712. The molecule has 0 aliphatic rings. The van der Waals surface area contributed by atoms with E-state index >= 15 is 0 Å². The van der Waals surface area contributed by atoms with Crippen LogP contribution in [-0.4, -0.2) is 32.6 Å². The van der Waals surface area contributed by atoms with Crippen LogP contribution in [0.15, 0.2) is 54.6 Å². The van der Waals surface area contributed by atoms with Gasteiger partial charge in [-0.15, -0.1) is 0 Å². The molecule has 0 aromatic heterocycles. The smallest absolute Gasteiger partial charge is 0.244 e. The Morgan fingerprint density at radius 1 is 0.962 bits per heavy atom. The Morgan fingerprint density at radius 2 is 1.62 bits per heavy atom. The standard InChI is InChI=1S/C20H22N2O4/c1-25-17-10-16(11-18(12-17)26-2)8-9-19(23)22-14-20(24)21-13-15-6-4-3-5-7-15/h3-12H,13-14H2,1-2H3,(H,21,24)(H,22,23)/b9-8+. The molecule has 0 saturated carbocycles. The second-order valence-corrected chi connectivity index (χ2v) is 5.46. The van der Waals surface area contributed by atoms with Gasteiger partial charge in [0, 0.05) is 18.7 Å². The Kier molecular flexibility index (Phi) is 7.24. The fraction of sp³-hybridized carbons (Fsp3) is 0.200. The average molecular weight is 354 g/mol. The van der Waals surface area contributed by atoms with E-state index in [2.05, 4.69) is 10.6 Å². The van der Waals surface area contributed by atoms with E-state index in [0.717, 1.165) is 11.1 Å². The third-order valence-corrected chi connectivity index (χ3v) is 3.56. The van der Waals surface area contributed by atoms with E-state index in [1.54, 1.807) is 38.5 Å². The number of hydrogen-bond acceptors (Lipinski definition) is 4. The van der Waals surface area contributed by atoms with Gasteiger partial charge in [0.1, 0.15) is 11.5 Å². The number of nitrogens with one attached hydrogen (secondary N) is 2. The van der Waals surface area contributed by atoms with Crippen molar-refractivity contribution in [3.63, 3.8) is 0 Å². The average Bonchev–Trinajstić information content (AvgIpc) is 2.69. The van der Waals surface area contributed by atoms with Crippen LogP contribution in [0.4, 0.5) is 0 Å². The molecular weight excluding hydrogens is 332 g/mol. The van der Waals surface area contributed by atoms with Crippen molar-refractivity contribution in [3.8, 4) is 11.5 Å². The van der Waals surface area contributed by atoms with Crippen LogP contribution >= 0.6 is 0 Å². The van der Waals surface area contributed by atoms with Gasteiger partial charge in [0.05, 0.1) is 20.8 Å². The first-order chi connectivity index (χ1) is 12.6. The zero-order valence-corrected chi connectivity index (χ0v) is 14.8. The molecule has 0 saturated heterocycles. The van der Waals surface area contributed by atoms with E-state index in [9.17, 15) is 9.59 Å². The summed E-state index contributed by atoms with van der Waals surface area (Å²) < 4.78 is 10.4. The summed E-state index contributed by atoms with van der Waals surface area (Å²) in [6.07, 6.45) is 2.99. The molecule has 0 bridgehead atoms. The van der Waals surface area contributed by atoms with Gasteiger partial charge in [-0.2, -0.15) is 0 Å². The van der Waals surface area contributed by atoms with Gasteiger partial charge in [0.25, 0.3) is 0 Å². The Bertz CT molecular complexity index is 750. The highest BCUT2D eigenvalue weighted by Crippen LogP contribution is 2.23. The molecule has 0 atom stereocenters. The number of hydrogen-bond donors (Lipinski definition) is 2. The van der Waals surface area contributed by atoms with Crippen molar-refractivity contribution in [2.75, 3.05) is 20.8 Å². The van der Waals surface area contributed by atoms with E-state index < -0.39 is 0 Å². The van der Waals surface area contributed by atoms with Crippen LogP contribution in [0.5, 0.6) is 11.5 Å². The molecular formula is C20H22N2O4. The van der Waals surface area contributed by atoms with Gasteiger partial charge < -0.3 is 20.1 Å². The molecule has 2 amide bonds. The first-order valence-electron chi connectivity index (χ1n) is 8.10. The van der Waals surface area contributed by atoms with Gasteiger partial charge in [0.2, 0.25) is 11.8 Å². The molecule has 2 N–H and O–H groups in total. The second-order valence-electron chi connectivity index (χ2n) is 5.46. The molecule has 2 aromatic rings. The van der Waals surface area contributed by atoms with E-state index in [0.29, 0.717) is 18.0 Å². The number of carbonyl (C=O) groups excluding carboxylic acids is 2. The van der Waals surface area contributed by atoms with Crippen LogP contribution in [0, 0.1) is 0 Å². The van der Waals surface area contributed by atoms with E-state index in [1.807, 2.05) is 30.3 Å². The summed E-state index contributed by atoms with van der Waals surface area (Å²) in [6, 6.07) is 14.9. The van der Waals surface area contributed by atoms with Crippen molar-refractivity contribution < 1.29 is 19.1 Å². The molecule has 0 radical (unpaired) electrons. The fourth-order valence-corrected chi connectivity index (χ4v) is 2.18. The minimum Gasteiger partial charge on any atom is -0.497 e. The first-order valence-corrected chi connectivity index (χ1v) is 8.10. The van der Waals surface area contributed by atoms with Crippen molar-refractivity contribution in [2.45, 2.75) is 6.54 Å². The number of amides is 2. The predicted octanol–water partition coefficient (Wildman–Crippen LogP) is 2.15. The minimum absolute atomic E-state index is 0.0859. The van der Waals surface area contributed by atoms with Crippen LogP contribution in [0.25, 0.3) is 6.08 Å². The number of ether oxygens (including phenoxy) is 2. The topological polar surface area (TPSA) is 76.7 Å². The van der Waals surface area contributed by atoms with Crippen LogP contribution in [0.2, 0.25) is 0 Å². The molecule has 0 fully saturated rings. The normalized spacial score (nSPS) is 10.4. The van der Waals surface area contributed by atoms with E-state index in [4.69, 9.17) is 9.47 Å². The van der Waals surface area contributed by atoms with Gasteiger partial charge >= 0.3 is 0 Å². The Balaban J connectivity index is 1.81. The molecule has 2 rings (SSSR count). The molecule has 2 aromatic carbocycles. The molecule has 0 heterocycles. The number of methoxy groups -OCH3 is 2. The highest BCUT2D eigenvalue weighted by molar-refractivity contribution is 5.94. The van der Waals surface area contributed by atoms with Crippen molar-refractivity contribution in [1.82, 2.24) is 10.6 Å². The van der Waals surface area contributed by atoms with Gasteiger partial charge in [-0.3, -0.25) is 9.59 Å². The lowest BCUT2D eigenvalue weighted by molar-refractivity contribution is -0.124. The predicted molar refractivity (Wildman–Crippen MR) is 99.9 cm³/mol. The van der Waals surface area contributed by atoms with Gasteiger partial charge in [-0.1, -0.05) is 30.3 Å². The largest absolute Gasteiger partial charge is 0.497 e. The second kappa shape index (κ2) is 9.88. The van der Waals surface area contributed by atoms with Gasteiger partial charge in [-0.25, -0.2) is 0 Å². The Morgan fingerprint density at radius 3 is 2.23 bits per heavy atom. The molecule has 6 heteroatoms.